The first-order valence-corrected chi connectivity index (χ1v) is 26.6. The fourth-order valence-corrected chi connectivity index (χ4v) is 8.02. The van der Waals surface area contributed by atoms with E-state index in [2.05, 4.69) is 98.6 Å². The van der Waals surface area contributed by atoms with Crippen molar-refractivity contribution in [2.24, 2.45) is 0 Å². The minimum Gasteiger partial charge on any atom is -0.374 e. The second-order valence-corrected chi connectivity index (χ2v) is 18.1. The van der Waals surface area contributed by atoms with Gasteiger partial charge in [0.1, 0.15) is 0 Å². The number of Topliss-reactive ketones (excluding diaryl/α,β-unsaturated/α-hetero) is 3. The molecule has 0 aromatic carbocycles. The maximum Gasteiger partial charge on any atom is 0.228 e. The minimum atomic E-state index is -3.36. The summed E-state index contributed by atoms with van der Waals surface area (Å²) in [6, 6.07) is 0. The molecule has 0 saturated carbocycles. The maximum atomic E-state index is 13.9. The summed E-state index contributed by atoms with van der Waals surface area (Å²) in [6.07, 6.45) is 54.6. The largest absolute Gasteiger partial charge is 0.374 e. The van der Waals surface area contributed by atoms with Crippen molar-refractivity contribution < 1.29 is 39.8 Å². The molecule has 0 aliphatic heterocycles. The number of unbranched alkanes of at least 4 members (excludes halogenated alkanes) is 24. The van der Waals surface area contributed by atoms with Crippen LogP contribution in [0, 0.1) is 0 Å². The van der Waals surface area contributed by atoms with Crippen molar-refractivity contribution >= 4 is 17.3 Å². The first kappa shape index (κ1) is 62.2. The lowest BCUT2D eigenvalue weighted by atomic mass is 9.70. The zero-order valence-electron chi connectivity index (χ0n) is 41.9. The number of hydrogen-bond donors (Lipinski definition) is 4. The summed E-state index contributed by atoms with van der Waals surface area (Å²) in [5.41, 5.74) is -6.63. The number of rotatable bonds is 48. The van der Waals surface area contributed by atoms with E-state index in [1.54, 1.807) is 0 Å². The number of carbonyl (C=O) groups excluding carboxylic acids is 3. The van der Waals surface area contributed by atoms with Crippen LogP contribution in [0.5, 0.6) is 0 Å². The van der Waals surface area contributed by atoms with Gasteiger partial charge in [-0.25, -0.2) is 10.1 Å². The number of ketones is 3. The van der Waals surface area contributed by atoms with Crippen LogP contribution in [-0.4, -0.2) is 55.4 Å². The Morgan fingerprint density at radius 1 is 0.385 bits per heavy atom. The van der Waals surface area contributed by atoms with E-state index in [4.69, 9.17) is 0 Å². The van der Waals surface area contributed by atoms with E-state index >= 15 is 0 Å². The number of aliphatic hydroxyl groups excluding tert-OH is 1. The lowest BCUT2D eigenvalue weighted by Crippen LogP contribution is -2.73. The van der Waals surface area contributed by atoms with Gasteiger partial charge in [0, 0.05) is 19.3 Å². The molecule has 0 radical (unpaired) electrons. The Morgan fingerprint density at radius 3 is 0.908 bits per heavy atom. The fourth-order valence-electron chi connectivity index (χ4n) is 8.02. The van der Waals surface area contributed by atoms with Crippen molar-refractivity contribution in [2.75, 3.05) is 0 Å². The van der Waals surface area contributed by atoms with E-state index in [1.165, 1.54) is 57.8 Å². The summed E-state index contributed by atoms with van der Waals surface area (Å²) in [6.45, 7) is 6.63. The van der Waals surface area contributed by atoms with Gasteiger partial charge in [-0.1, -0.05) is 190 Å². The molecule has 2 unspecified atom stereocenters. The van der Waals surface area contributed by atoms with E-state index in [-0.39, 0.29) is 19.3 Å². The van der Waals surface area contributed by atoms with Gasteiger partial charge >= 0.3 is 0 Å². The van der Waals surface area contributed by atoms with Crippen LogP contribution in [0.2, 0.25) is 0 Å². The van der Waals surface area contributed by atoms with Crippen molar-refractivity contribution in [3.63, 3.8) is 0 Å². The fraction of sp³-hybridized carbons (Fsp3) is 0.737. The van der Waals surface area contributed by atoms with Crippen LogP contribution in [0.3, 0.4) is 0 Å². The molecule has 0 amide bonds. The Morgan fingerprint density at radius 2 is 0.631 bits per heavy atom. The van der Waals surface area contributed by atoms with E-state index < -0.39 is 34.8 Å². The monoisotopic (exact) mass is 911 g/mol. The van der Waals surface area contributed by atoms with E-state index in [1.807, 2.05) is 0 Å². The van der Waals surface area contributed by atoms with Crippen molar-refractivity contribution in [1.29, 1.82) is 0 Å². The van der Waals surface area contributed by atoms with Gasteiger partial charge in [-0.2, -0.15) is 0 Å². The first-order chi connectivity index (χ1) is 31.7. The summed E-state index contributed by atoms with van der Waals surface area (Å²) in [4.78, 5) is 45.7. The van der Waals surface area contributed by atoms with Crippen LogP contribution in [0.15, 0.2) is 72.9 Å². The molecular weight excluding hydrogens is 813 g/mol. The Labute approximate surface area is 398 Å². The van der Waals surface area contributed by atoms with Gasteiger partial charge in [0.15, 0.2) is 17.3 Å². The number of hydrogen-bond acceptors (Lipinski definition) is 8. The number of carbonyl (C=O) groups is 3. The van der Waals surface area contributed by atoms with Crippen LogP contribution in [0.4, 0.5) is 0 Å². The minimum absolute atomic E-state index is 0.271. The third-order valence-corrected chi connectivity index (χ3v) is 12.3. The van der Waals surface area contributed by atoms with Crippen LogP contribution in [0.25, 0.3) is 0 Å². The first-order valence-electron chi connectivity index (χ1n) is 26.6. The second kappa shape index (κ2) is 45.1. The standard InChI is InChI=1S/C57H98O8/c1-4-7-10-13-16-19-22-25-28-31-34-37-40-43-46-49-52(58)56(62,53(59)50-47-44-41-38-35-32-29-26-23-20-17-14-11-8-5-2)57(63,55(61)65-64)54(60)51-48-45-42-39-36-33-30-27-24-21-18-15-12-9-6-3/h16-21,25-30,55,61-64H,4-15,22-24,31-51H2,1-3H3/b19-16-,20-17-,21-18-,28-25-,29-26-,30-27-. The van der Waals surface area contributed by atoms with Crippen LogP contribution >= 0.6 is 0 Å². The summed E-state index contributed by atoms with van der Waals surface area (Å²) in [5, 5.41) is 44.2. The molecular formula is C57H98O8. The van der Waals surface area contributed by atoms with Crippen LogP contribution in [-0.2, 0) is 19.3 Å². The van der Waals surface area contributed by atoms with Gasteiger partial charge in [0.05, 0.1) is 0 Å². The third kappa shape index (κ3) is 31.0. The molecule has 65 heavy (non-hydrogen) atoms. The normalized spacial score (nSPS) is 14.1. The zero-order chi connectivity index (χ0) is 48.0. The molecule has 4 N–H and O–H groups in total. The van der Waals surface area contributed by atoms with Crippen molar-refractivity contribution in [3.05, 3.63) is 72.9 Å². The lowest BCUT2D eigenvalue weighted by molar-refractivity contribution is -0.379. The van der Waals surface area contributed by atoms with E-state index in [0.29, 0.717) is 38.5 Å². The molecule has 0 heterocycles. The van der Waals surface area contributed by atoms with Gasteiger partial charge in [-0.3, -0.25) is 14.4 Å². The molecule has 0 aliphatic rings. The Kier molecular flexibility index (Phi) is 43.1. The van der Waals surface area contributed by atoms with E-state index in [9.17, 15) is 35.0 Å². The van der Waals surface area contributed by atoms with Crippen LogP contribution in [0.1, 0.15) is 252 Å². The molecule has 0 saturated heterocycles. The zero-order valence-corrected chi connectivity index (χ0v) is 41.9. The quantitative estimate of drug-likeness (QED) is 0.0118. The smallest absolute Gasteiger partial charge is 0.228 e. The highest BCUT2D eigenvalue weighted by Gasteiger charge is 2.66. The summed E-state index contributed by atoms with van der Waals surface area (Å²) in [5.74, 6) is -3.18. The predicted molar refractivity (Wildman–Crippen MR) is 273 cm³/mol. The lowest BCUT2D eigenvalue weighted by Gasteiger charge is -2.41. The van der Waals surface area contributed by atoms with Gasteiger partial charge in [0.25, 0.3) is 0 Å². The molecule has 8 nitrogen and oxygen atoms in total. The Bertz CT molecular complexity index is 1270. The average Bonchev–Trinajstić information content (AvgIpc) is 3.31. The molecule has 0 bridgehead atoms. The molecule has 0 rings (SSSR count). The van der Waals surface area contributed by atoms with Crippen molar-refractivity contribution in [2.45, 2.75) is 269 Å². The number of aliphatic hydroxyl groups is 3. The van der Waals surface area contributed by atoms with Crippen LogP contribution < -0.4 is 0 Å². The molecule has 0 aliphatic carbocycles. The molecule has 374 valence electrons. The maximum absolute atomic E-state index is 13.9. The average molecular weight is 911 g/mol. The summed E-state index contributed by atoms with van der Waals surface area (Å²) < 4.78 is 0. The number of allylic oxidation sites excluding steroid dienone is 12. The topological polar surface area (TPSA) is 141 Å². The molecule has 2 atom stereocenters. The Balaban J connectivity index is 5.30. The molecule has 0 aromatic heterocycles. The predicted octanol–water partition coefficient (Wildman–Crippen LogP) is 15.4. The molecule has 0 spiro atoms. The highest BCUT2D eigenvalue weighted by Crippen LogP contribution is 2.35. The molecule has 8 heteroatoms. The van der Waals surface area contributed by atoms with Crippen molar-refractivity contribution in [1.82, 2.24) is 0 Å². The summed E-state index contributed by atoms with van der Waals surface area (Å²) >= 11 is 0. The summed E-state index contributed by atoms with van der Waals surface area (Å²) in [7, 11) is 0. The van der Waals surface area contributed by atoms with Gasteiger partial charge in [-0.15, -0.1) is 0 Å². The van der Waals surface area contributed by atoms with E-state index in [0.717, 1.165) is 116 Å². The highest BCUT2D eigenvalue weighted by atomic mass is 17.1. The van der Waals surface area contributed by atoms with Crippen molar-refractivity contribution in [3.8, 4) is 0 Å². The molecule has 0 fully saturated rings. The molecule has 0 aromatic rings. The Hall–Kier alpha value is -2.75. The SMILES string of the molecule is CCCCC/C=C\C/C=C\CCCCCCCC(=O)C(O)(C(=O)CCCCCCC/C=C\C/C=C\CCCCC)C(O)(C(=O)CCCCCCC/C=C\C/C=C\CCCCC)C(O)OO. The van der Waals surface area contributed by atoms with Gasteiger partial charge in [0.2, 0.25) is 17.5 Å². The van der Waals surface area contributed by atoms with Gasteiger partial charge < -0.3 is 15.3 Å². The highest BCUT2D eigenvalue weighted by molar-refractivity contribution is 6.16. The van der Waals surface area contributed by atoms with Gasteiger partial charge in [-0.05, 0) is 116 Å². The second-order valence-electron chi connectivity index (χ2n) is 18.1. The third-order valence-electron chi connectivity index (χ3n) is 12.3.